The van der Waals surface area contributed by atoms with E-state index in [1.807, 2.05) is 37.3 Å². The highest BCUT2D eigenvalue weighted by atomic mass is 32.2. The first kappa shape index (κ1) is 30.4. The predicted molar refractivity (Wildman–Crippen MR) is 171 cm³/mol. The Kier molecular flexibility index (Phi) is 8.34. The van der Waals surface area contributed by atoms with Gasteiger partial charge >= 0.3 is 10.8 Å². The van der Waals surface area contributed by atoms with Crippen molar-refractivity contribution in [3.05, 3.63) is 104 Å². The Morgan fingerprint density at radius 3 is 2.33 bits per heavy atom. The minimum atomic E-state index is -0.819. The molecule has 0 radical (unpaired) electrons. The molecule has 1 aromatic heterocycles. The Hall–Kier alpha value is -4.68. The van der Waals surface area contributed by atoms with Crippen LogP contribution in [0.1, 0.15) is 39.2 Å². The fourth-order valence-corrected chi connectivity index (χ4v) is 8.47. The number of fused-ring (bicyclic) bond motifs is 2. The van der Waals surface area contributed by atoms with Crippen LogP contribution in [0.4, 0.5) is 11.4 Å². The first-order chi connectivity index (χ1) is 21.7. The molecule has 0 bridgehead atoms. The van der Waals surface area contributed by atoms with Crippen molar-refractivity contribution >= 4 is 58.2 Å². The summed E-state index contributed by atoms with van der Waals surface area (Å²) in [5, 5.41) is 2.42. The Bertz CT molecular complexity index is 1860. The molecule has 230 valence electrons. The van der Waals surface area contributed by atoms with Gasteiger partial charge in [0, 0.05) is 22.0 Å². The van der Waals surface area contributed by atoms with Crippen LogP contribution in [0.5, 0.6) is 5.75 Å². The molecule has 1 fully saturated rings. The summed E-state index contributed by atoms with van der Waals surface area (Å²) < 4.78 is 12.0. The summed E-state index contributed by atoms with van der Waals surface area (Å²) in [4.78, 5) is 68.1. The topological polar surface area (TPSA) is 124 Å². The van der Waals surface area contributed by atoms with Gasteiger partial charge in [-0.05, 0) is 56.3 Å². The average molecular weight is 644 g/mol. The Morgan fingerprint density at radius 2 is 1.64 bits per heavy atom. The Morgan fingerprint density at radius 1 is 0.933 bits per heavy atom. The number of carbonyl (C=O) groups is 4. The van der Waals surface area contributed by atoms with Crippen LogP contribution in [0.2, 0.25) is 0 Å². The van der Waals surface area contributed by atoms with Crippen LogP contribution in [0.15, 0.2) is 82.6 Å². The van der Waals surface area contributed by atoms with Crippen LogP contribution in [-0.2, 0) is 25.7 Å². The van der Waals surface area contributed by atoms with Gasteiger partial charge in [0.15, 0.2) is 0 Å². The molecule has 1 N–H and O–H groups in total. The number of ether oxygens (including phenoxy) is 2. The zero-order valence-corrected chi connectivity index (χ0v) is 26.3. The van der Waals surface area contributed by atoms with Crippen molar-refractivity contribution in [1.29, 1.82) is 0 Å². The summed E-state index contributed by atoms with van der Waals surface area (Å²) in [5.41, 5.74) is 2.95. The smallest absolute Gasteiger partial charge is 0.338 e. The predicted octanol–water partition coefficient (Wildman–Crippen LogP) is 4.84. The summed E-state index contributed by atoms with van der Waals surface area (Å²) in [6.45, 7) is 3.58. The van der Waals surface area contributed by atoms with Gasteiger partial charge in [0.1, 0.15) is 17.5 Å². The molecule has 0 aliphatic carbocycles. The van der Waals surface area contributed by atoms with Crippen molar-refractivity contribution in [1.82, 2.24) is 4.57 Å². The molecule has 4 aromatic rings. The number of thiazole rings is 1. The number of imide groups is 1. The van der Waals surface area contributed by atoms with E-state index in [0.29, 0.717) is 38.2 Å². The zero-order valence-electron chi connectivity index (χ0n) is 24.6. The van der Waals surface area contributed by atoms with Crippen molar-refractivity contribution in [2.75, 3.05) is 23.9 Å². The number of aromatic nitrogens is 1. The number of esters is 1. The van der Waals surface area contributed by atoms with E-state index in [-0.39, 0.29) is 29.8 Å². The fourth-order valence-electron chi connectivity index (χ4n) is 5.71. The van der Waals surface area contributed by atoms with Gasteiger partial charge in [0.05, 0.1) is 35.9 Å². The molecule has 45 heavy (non-hydrogen) atoms. The summed E-state index contributed by atoms with van der Waals surface area (Å²) in [6.07, 6.45) is 0. The number of thioether (sulfide) groups is 1. The first-order valence-electron chi connectivity index (χ1n) is 14.3. The molecule has 10 nitrogen and oxygen atoms in total. The lowest BCUT2D eigenvalue weighted by atomic mass is 9.82. The molecule has 2 aliphatic heterocycles. The van der Waals surface area contributed by atoms with Gasteiger partial charge in [0.25, 0.3) is 0 Å². The number of benzene rings is 3. The van der Waals surface area contributed by atoms with Gasteiger partial charge in [-0.3, -0.25) is 23.7 Å². The van der Waals surface area contributed by atoms with Gasteiger partial charge in [-0.25, -0.2) is 9.69 Å². The van der Waals surface area contributed by atoms with Crippen molar-refractivity contribution < 1.29 is 28.7 Å². The van der Waals surface area contributed by atoms with Crippen LogP contribution in [0.25, 0.3) is 0 Å². The number of nitrogens with zero attached hydrogens (tertiary/aromatic N) is 2. The number of rotatable bonds is 8. The summed E-state index contributed by atoms with van der Waals surface area (Å²) in [6, 6.07) is 20.7. The number of hydrogen-bond donors (Lipinski definition) is 1. The third kappa shape index (κ3) is 5.55. The lowest BCUT2D eigenvalue weighted by molar-refractivity contribution is -0.122. The molecule has 0 saturated carbocycles. The van der Waals surface area contributed by atoms with Crippen LogP contribution in [-0.4, -0.2) is 47.2 Å². The standard InChI is InChI=1S/C33H29N3O7S2/c1-4-43-32(40)19-11-13-20(14-12-19)34-24(37)17-35-31-28(45-33(35)41)25(22-7-5-6-8-23(22)42-3)26-27(44-31)30(39)36(29(26)38)21-15-9-18(2)10-16-21/h5-16,25-27H,4,17H2,1-3H3,(H,34,37)/t25-,26?,27?/m1/s1. The Balaban J connectivity index is 1.35. The number of nitrogens with one attached hydrogen (secondary N) is 1. The molecular weight excluding hydrogens is 615 g/mol. The molecule has 3 amide bonds. The second-order valence-corrected chi connectivity index (χ2v) is 12.7. The number of amides is 3. The summed E-state index contributed by atoms with van der Waals surface area (Å²) in [5.74, 6) is -2.55. The lowest BCUT2D eigenvalue weighted by Crippen LogP contribution is -2.33. The quantitative estimate of drug-likeness (QED) is 0.214. The van der Waals surface area contributed by atoms with Crippen molar-refractivity contribution in [2.24, 2.45) is 5.92 Å². The van der Waals surface area contributed by atoms with E-state index in [9.17, 15) is 24.0 Å². The minimum absolute atomic E-state index is 0.248. The molecule has 2 aliphatic rings. The molecule has 0 spiro atoms. The molecule has 3 atom stereocenters. The van der Waals surface area contributed by atoms with Gasteiger partial charge < -0.3 is 14.8 Å². The van der Waals surface area contributed by atoms with E-state index in [2.05, 4.69) is 5.32 Å². The number of anilines is 2. The Labute approximate surface area is 267 Å². The minimum Gasteiger partial charge on any atom is -0.496 e. The van der Waals surface area contributed by atoms with E-state index in [1.165, 1.54) is 16.6 Å². The highest BCUT2D eigenvalue weighted by molar-refractivity contribution is 8.00. The van der Waals surface area contributed by atoms with Gasteiger partial charge in [-0.2, -0.15) is 0 Å². The highest BCUT2D eigenvalue weighted by Crippen LogP contribution is 2.55. The van der Waals surface area contributed by atoms with Crippen LogP contribution in [0.3, 0.4) is 0 Å². The molecule has 12 heteroatoms. The van der Waals surface area contributed by atoms with Gasteiger partial charge in [-0.15, -0.1) is 0 Å². The number of hydrogen-bond acceptors (Lipinski definition) is 9. The SMILES string of the molecule is CCOC(=O)c1ccc(NC(=O)Cn2c3c(sc2=O)[C@H](c2ccccc2OC)C2C(=O)N(c4ccc(C)cc4)C(=O)C2S3)cc1. The lowest BCUT2D eigenvalue weighted by Gasteiger charge is -2.31. The summed E-state index contributed by atoms with van der Waals surface area (Å²) in [7, 11) is 1.53. The number of carbonyl (C=O) groups excluding carboxylic acids is 4. The molecule has 3 aromatic carbocycles. The third-order valence-corrected chi connectivity index (χ3v) is 10.4. The second-order valence-electron chi connectivity index (χ2n) is 10.6. The molecule has 3 heterocycles. The van der Waals surface area contributed by atoms with Gasteiger partial charge in [0.2, 0.25) is 17.7 Å². The van der Waals surface area contributed by atoms with E-state index >= 15 is 0 Å². The first-order valence-corrected chi connectivity index (χ1v) is 16.0. The largest absolute Gasteiger partial charge is 0.496 e. The number of para-hydroxylation sites is 1. The average Bonchev–Trinajstić information content (AvgIpc) is 3.48. The third-order valence-electron chi connectivity index (χ3n) is 7.80. The maximum atomic E-state index is 14.1. The van der Waals surface area contributed by atoms with Crippen LogP contribution >= 0.6 is 23.1 Å². The second kappa shape index (κ2) is 12.4. The molecule has 1 saturated heterocycles. The van der Waals surface area contributed by atoms with E-state index in [4.69, 9.17) is 9.47 Å². The normalized spacial score (nSPS) is 18.7. The molecular formula is C33H29N3O7S2. The zero-order chi connectivity index (χ0) is 31.8. The maximum Gasteiger partial charge on any atom is 0.338 e. The monoisotopic (exact) mass is 643 g/mol. The summed E-state index contributed by atoms with van der Waals surface area (Å²) >= 11 is 2.11. The van der Waals surface area contributed by atoms with Crippen molar-refractivity contribution in [2.45, 2.75) is 36.6 Å². The van der Waals surface area contributed by atoms with Crippen molar-refractivity contribution in [3.63, 3.8) is 0 Å². The van der Waals surface area contributed by atoms with E-state index in [1.54, 1.807) is 49.4 Å². The molecule has 2 unspecified atom stereocenters. The number of methoxy groups -OCH3 is 1. The van der Waals surface area contributed by atoms with E-state index < -0.39 is 29.0 Å². The maximum absolute atomic E-state index is 14.1. The molecule has 6 rings (SSSR count). The van der Waals surface area contributed by atoms with Crippen LogP contribution in [0, 0.1) is 12.8 Å². The number of aryl methyl sites for hydroxylation is 1. The highest BCUT2D eigenvalue weighted by Gasteiger charge is 2.57. The van der Waals surface area contributed by atoms with Crippen molar-refractivity contribution in [3.8, 4) is 5.75 Å². The van der Waals surface area contributed by atoms with Gasteiger partial charge in [-0.1, -0.05) is 59.0 Å². The fraction of sp³-hybridized carbons (Fsp3) is 0.242. The van der Waals surface area contributed by atoms with E-state index in [0.717, 1.165) is 28.7 Å². The van der Waals surface area contributed by atoms with Crippen LogP contribution < -0.4 is 19.8 Å².